The van der Waals surface area contributed by atoms with Gasteiger partial charge in [-0.15, -0.1) is 0 Å². The molecule has 0 aliphatic heterocycles. The van der Waals surface area contributed by atoms with Crippen molar-refractivity contribution in [3.63, 3.8) is 0 Å². The fourth-order valence-corrected chi connectivity index (χ4v) is 26.1. The fourth-order valence-electron chi connectivity index (χ4n) is 26.1. The lowest BCUT2D eigenvalue weighted by atomic mass is 9.96. The van der Waals surface area contributed by atoms with Gasteiger partial charge >= 0.3 is 0 Å². The van der Waals surface area contributed by atoms with Gasteiger partial charge in [-0.05, 0) is 316 Å². The molecule has 16 nitrogen and oxygen atoms in total. The van der Waals surface area contributed by atoms with E-state index in [2.05, 4.69) is 269 Å². The van der Waals surface area contributed by atoms with Crippen LogP contribution in [0.1, 0.15) is 89.0 Å². The molecule has 12 aromatic carbocycles. The van der Waals surface area contributed by atoms with Crippen LogP contribution >= 0.6 is 0 Å². The monoisotopic (exact) mass is 1780 g/mol. The van der Waals surface area contributed by atoms with Crippen LogP contribution in [0.15, 0.2) is 341 Å². The van der Waals surface area contributed by atoms with Gasteiger partial charge in [0.1, 0.15) is 33.5 Å². The van der Waals surface area contributed by atoms with Gasteiger partial charge in [0, 0.05) is 117 Å². The Kier molecular flexibility index (Phi) is 14.9. The summed E-state index contributed by atoms with van der Waals surface area (Å²) in [7, 11) is 0. The lowest BCUT2D eigenvalue weighted by Gasteiger charge is -2.11. The molecule has 0 saturated heterocycles. The molecule has 16 aromatic heterocycles. The van der Waals surface area contributed by atoms with Gasteiger partial charge in [0.2, 0.25) is 0 Å². The zero-order valence-electron chi connectivity index (χ0n) is 75.1. The van der Waals surface area contributed by atoms with Gasteiger partial charge in [-0.25, -0.2) is 19.9 Å². The second-order valence-electron chi connectivity index (χ2n) is 38.6. The van der Waals surface area contributed by atoms with Gasteiger partial charge in [0.15, 0.2) is 5.65 Å². The quantitative estimate of drug-likeness (QED) is 0.132. The van der Waals surface area contributed by atoms with E-state index in [4.69, 9.17) is 44.9 Å². The minimum atomic E-state index is 0.895. The molecule has 0 unspecified atom stereocenters. The van der Waals surface area contributed by atoms with Crippen LogP contribution in [0.25, 0.3) is 243 Å². The number of nitrogens with zero attached hydrogens (tertiary/aromatic N) is 16. The number of benzene rings is 12. The first kappa shape index (κ1) is 75.1. The molecule has 0 bridgehead atoms. The summed E-state index contributed by atoms with van der Waals surface area (Å²) < 4.78 is 9.26. The van der Waals surface area contributed by atoms with Crippen molar-refractivity contribution in [2.45, 2.75) is 51.4 Å². The molecular formula is C124H72N16. The van der Waals surface area contributed by atoms with Crippen molar-refractivity contribution < 1.29 is 0 Å². The highest BCUT2D eigenvalue weighted by Gasteiger charge is 2.38. The topological polar surface area (TPSA) is 172 Å². The number of pyridine rings is 12. The minimum absolute atomic E-state index is 0.895. The van der Waals surface area contributed by atoms with Crippen LogP contribution in [-0.4, -0.2) is 77.4 Å². The summed E-state index contributed by atoms with van der Waals surface area (Å²) in [6.45, 7) is 0. The Labute approximate surface area is 796 Å². The third kappa shape index (κ3) is 10.1. The van der Waals surface area contributed by atoms with E-state index in [-0.39, 0.29) is 0 Å². The molecule has 16 heterocycles. The summed E-state index contributed by atoms with van der Waals surface area (Å²) in [5.74, 6) is 0. The Bertz CT molecular complexity index is 9460. The largest absolute Gasteiger partial charge is 0.289 e. The van der Waals surface area contributed by atoms with E-state index < -0.39 is 0 Å². The molecule has 0 amide bonds. The third-order valence-electron chi connectivity index (χ3n) is 31.9. The van der Waals surface area contributed by atoms with E-state index >= 15 is 0 Å². The smallest absolute Gasteiger partial charge is 0.165 e. The normalized spacial score (nSPS) is 13.5. The van der Waals surface area contributed by atoms with E-state index in [1.165, 1.54) is 195 Å². The van der Waals surface area contributed by atoms with E-state index in [1.807, 2.05) is 104 Å². The Morgan fingerprint density at radius 2 is 0.457 bits per heavy atom. The minimum Gasteiger partial charge on any atom is -0.289 e. The predicted octanol–water partition coefficient (Wildman–Crippen LogP) is 26.9. The van der Waals surface area contributed by atoms with Crippen LogP contribution in [0.2, 0.25) is 0 Å². The molecule has 36 rings (SSSR count). The van der Waals surface area contributed by atoms with Crippen molar-refractivity contribution in [1.29, 1.82) is 0 Å². The number of fused-ring (bicyclic) bond motifs is 64. The molecule has 0 N–H and O–H groups in total. The molecule has 0 saturated carbocycles. The summed E-state index contributed by atoms with van der Waals surface area (Å²) in [5, 5.41) is 6.32. The summed E-state index contributed by atoms with van der Waals surface area (Å²) in [5.41, 5.74) is 67.3. The lowest BCUT2D eigenvalue weighted by molar-refractivity contribution is 1.16. The Morgan fingerprint density at radius 1 is 0.171 bits per heavy atom. The van der Waals surface area contributed by atoms with Crippen molar-refractivity contribution >= 4 is 154 Å². The second kappa shape index (κ2) is 27.7. The maximum Gasteiger partial charge on any atom is 0.165 e. The van der Waals surface area contributed by atoms with Crippen LogP contribution in [0.3, 0.4) is 0 Å². The van der Waals surface area contributed by atoms with Gasteiger partial charge in [0.25, 0.3) is 0 Å². The Morgan fingerprint density at radius 3 is 0.871 bits per heavy atom. The van der Waals surface area contributed by atoms with Gasteiger partial charge in [-0.3, -0.25) is 57.5 Å². The standard InChI is InChI=1S/4C31H18N4/c1-2-6-19-17(5-1)15-23-20(19)10-11-21-24(23)16-18-9-12-25-30(27(18)21)35-26-8-4-14-33-29(26)28-22(31(35)34-25)7-3-13-32-28;1-2-6-19-17(5-1)15-23-20(19)10-11-21-24(23)16-18-9-12-25-30(27(18)21)35-26-8-4-14-32-28(26)22-7-3-13-33-29(22)31(35)34-25;1-2-5-19-17(4-1)14-23-20(19)8-9-21-24(23)15-18-7-10-26-30(28(18)21)35-27-6-3-12-33-29(27)25-16-32-13-11-22(25)31(35)34-26;1-2-5-19-17(4-1)14-23-20(19)8-9-21-24(23)15-18-7-10-26-30(28(18)21)35-27-6-3-12-33-29(27)22-11-13-32-16-25(22)31(35)34-26/h2*1-14H,15-16H2;2*1-13,16H,14-15H2. The number of aromatic nitrogens is 16. The molecule has 140 heavy (non-hydrogen) atoms. The van der Waals surface area contributed by atoms with Crippen molar-refractivity contribution in [2.75, 3.05) is 0 Å². The summed E-state index contributed by atoms with van der Waals surface area (Å²) in [4.78, 5) is 57.8. The number of imidazole rings is 4. The highest BCUT2D eigenvalue weighted by Crippen LogP contribution is 2.56. The average Bonchev–Trinajstić information content (AvgIpc) is 1.55. The molecule has 0 spiro atoms. The predicted molar refractivity (Wildman–Crippen MR) is 559 cm³/mol. The second-order valence-corrected chi connectivity index (χ2v) is 38.6. The molecule has 0 atom stereocenters. The van der Waals surface area contributed by atoms with Gasteiger partial charge in [0.05, 0.1) is 82.8 Å². The van der Waals surface area contributed by atoms with Crippen LogP contribution < -0.4 is 0 Å². The molecule has 28 aromatic rings. The Hall–Kier alpha value is -18.3. The third-order valence-corrected chi connectivity index (χ3v) is 31.9. The number of hydrogen-bond donors (Lipinski definition) is 0. The van der Waals surface area contributed by atoms with Crippen LogP contribution in [0, 0.1) is 0 Å². The highest BCUT2D eigenvalue weighted by atomic mass is 15.1. The maximum atomic E-state index is 5.16. The number of hydrogen-bond acceptors (Lipinski definition) is 12. The van der Waals surface area contributed by atoms with Crippen molar-refractivity contribution in [3.8, 4) is 89.0 Å². The molecule has 8 aliphatic rings. The molecule has 0 fully saturated rings. The maximum absolute atomic E-state index is 5.16. The summed E-state index contributed by atoms with van der Waals surface area (Å²) in [6.07, 6.45) is 26.6. The molecule has 0 radical (unpaired) electrons. The van der Waals surface area contributed by atoms with Crippen molar-refractivity contribution in [1.82, 2.24) is 77.4 Å². The zero-order valence-corrected chi connectivity index (χ0v) is 75.1. The van der Waals surface area contributed by atoms with E-state index in [9.17, 15) is 0 Å². The van der Waals surface area contributed by atoms with E-state index in [0.29, 0.717) is 0 Å². The average molecular weight is 1790 g/mol. The first-order chi connectivity index (χ1) is 69.5. The van der Waals surface area contributed by atoms with Crippen LogP contribution in [0.4, 0.5) is 0 Å². The van der Waals surface area contributed by atoms with Gasteiger partial charge in [-0.2, -0.15) is 0 Å². The van der Waals surface area contributed by atoms with Crippen molar-refractivity contribution in [3.05, 3.63) is 430 Å². The molecule has 648 valence electrons. The summed E-state index contributed by atoms with van der Waals surface area (Å²) in [6, 6.07) is 101. The fraction of sp³-hybridized carbons (Fsp3) is 0.0645. The van der Waals surface area contributed by atoms with E-state index in [1.54, 1.807) is 0 Å². The van der Waals surface area contributed by atoms with Crippen LogP contribution in [-0.2, 0) is 51.4 Å². The molecule has 8 aliphatic carbocycles. The molecular weight excluding hydrogens is 1710 g/mol. The first-order valence-corrected chi connectivity index (χ1v) is 48.2. The first-order valence-electron chi connectivity index (χ1n) is 48.2. The molecule has 16 heteroatoms. The number of rotatable bonds is 0. The van der Waals surface area contributed by atoms with Gasteiger partial charge in [-0.1, -0.05) is 170 Å². The SMILES string of the molecule is c1ccc2c(c1)Cc1c-2ccc2c1Cc1ccc3nc4c5cccnc5c5ncccc5n4c3c1-2.c1ccc2c(c1)Cc1c-2ccc2c1Cc1ccc3nc4c5ccncc5c5ncccc5n4c3c1-2.c1ccc2c(c1)Cc1c-2ccc2c1Cc1ccc3nc4c5cnccc5c5ncccc5n4c3c1-2.c1ccc2c(c1)Cc1c-2ccc2c1Cc1ccc3nc4c5ncccc5c5ncccc5n4c3c1-2. The van der Waals surface area contributed by atoms with Gasteiger partial charge < -0.3 is 0 Å². The van der Waals surface area contributed by atoms with Crippen LogP contribution in [0.5, 0.6) is 0 Å². The lowest BCUT2D eigenvalue weighted by Crippen LogP contribution is -1.95. The van der Waals surface area contributed by atoms with Crippen molar-refractivity contribution in [2.24, 2.45) is 0 Å². The Balaban J connectivity index is 0.0000000829. The van der Waals surface area contributed by atoms with E-state index in [0.717, 1.165) is 189 Å². The highest BCUT2D eigenvalue weighted by molar-refractivity contribution is 6.19. The summed E-state index contributed by atoms with van der Waals surface area (Å²) >= 11 is 0. The zero-order chi connectivity index (χ0) is 90.7.